The van der Waals surface area contributed by atoms with Crippen LogP contribution < -0.4 is 10.0 Å². The molecule has 0 aliphatic heterocycles. The highest BCUT2D eigenvalue weighted by molar-refractivity contribution is 7.91. The van der Waals surface area contributed by atoms with Crippen LogP contribution >= 0.6 is 22.7 Å². The van der Waals surface area contributed by atoms with E-state index in [1.807, 2.05) is 31.2 Å². The van der Waals surface area contributed by atoms with Crippen LogP contribution in [0.5, 0.6) is 0 Å². The second-order valence-electron chi connectivity index (χ2n) is 6.24. The number of nitrogens with zero attached hydrogens (tertiary/aromatic N) is 1. The third-order valence-corrected chi connectivity index (χ3v) is 7.49. The van der Waals surface area contributed by atoms with Crippen LogP contribution in [-0.4, -0.2) is 31.8 Å². The number of carbonyl (C=O) groups is 2. The van der Waals surface area contributed by atoms with Gasteiger partial charge in [-0.25, -0.2) is 13.4 Å². The van der Waals surface area contributed by atoms with E-state index in [4.69, 9.17) is 4.74 Å². The van der Waals surface area contributed by atoms with Crippen LogP contribution in [0, 0.1) is 6.92 Å². The van der Waals surface area contributed by atoms with Crippen molar-refractivity contribution in [2.45, 2.75) is 24.2 Å². The van der Waals surface area contributed by atoms with E-state index in [2.05, 4.69) is 15.0 Å². The summed E-state index contributed by atoms with van der Waals surface area (Å²) in [5.74, 6) is -0.915. The topological polar surface area (TPSA) is 114 Å². The first kappa shape index (κ1) is 22.1. The second-order valence-corrected chi connectivity index (χ2v) is 10.1. The number of thiazole rings is 1. The molecule has 8 nitrogen and oxygen atoms in total. The fourth-order valence-corrected chi connectivity index (χ4v) is 5.11. The average Bonchev–Trinajstić information content (AvgIpc) is 3.39. The number of nitrogens with one attached hydrogen (secondary N) is 2. The zero-order chi connectivity index (χ0) is 21.6. The van der Waals surface area contributed by atoms with E-state index in [0.717, 1.165) is 16.9 Å². The Bertz CT molecular complexity index is 1110. The molecule has 1 aromatic carbocycles. The lowest BCUT2D eigenvalue weighted by atomic mass is 10.2. The Hall–Kier alpha value is -2.60. The SMILES string of the molecule is Cc1ccc(NC(=O)Cc2nc(COC(=O)CNS(=O)(=O)c3cccs3)cs2)cc1. The van der Waals surface area contributed by atoms with Gasteiger partial charge in [0.05, 0.1) is 12.1 Å². The van der Waals surface area contributed by atoms with Gasteiger partial charge in [0.2, 0.25) is 5.91 Å². The number of rotatable bonds is 9. The number of hydrogen-bond donors (Lipinski definition) is 2. The van der Waals surface area contributed by atoms with Crippen molar-refractivity contribution in [3.05, 3.63) is 63.4 Å². The highest BCUT2D eigenvalue weighted by Crippen LogP contribution is 2.16. The van der Waals surface area contributed by atoms with Crippen LogP contribution in [0.25, 0.3) is 0 Å². The standard InChI is InChI=1S/C19H19N3O5S3/c1-13-4-6-14(7-5-13)21-16(23)9-17-22-15(12-29-17)11-27-18(24)10-20-30(25,26)19-3-2-8-28-19/h2-8,12,20H,9-11H2,1H3,(H,21,23). The van der Waals surface area contributed by atoms with Gasteiger partial charge in [-0.15, -0.1) is 22.7 Å². The van der Waals surface area contributed by atoms with Gasteiger partial charge >= 0.3 is 5.97 Å². The molecular formula is C19H19N3O5S3. The molecule has 1 amide bonds. The average molecular weight is 466 g/mol. The molecule has 2 aromatic heterocycles. The summed E-state index contributed by atoms with van der Waals surface area (Å²) >= 11 is 2.34. The minimum Gasteiger partial charge on any atom is -0.458 e. The van der Waals surface area contributed by atoms with Crippen LogP contribution in [0.4, 0.5) is 5.69 Å². The number of aromatic nitrogens is 1. The molecular weight excluding hydrogens is 446 g/mol. The van der Waals surface area contributed by atoms with Gasteiger partial charge < -0.3 is 10.1 Å². The van der Waals surface area contributed by atoms with Gasteiger partial charge in [0.25, 0.3) is 10.0 Å². The molecule has 0 saturated carbocycles. The van der Waals surface area contributed by atoms with Crippen molar-refractivity contribution in [3.8, 4) is 0 Å². The second kappa shape index (κ2) is 9.94. The smallest absolute Gasteiger partial charge is 0.321 e. The summed E-state index contributed by atoms with van der Waals surface area (Å²) in [7, 11) is -3.72. The van der Waals surface area contributed by atoms with E-state index in [0.29, 0.717) is 16.4 Å². The van der Waals surface area contributed by atoms with Gasteiger partial charge in [0.1, 0.15) is 22.4 Å². The number of carbonyl (C=O) groups excluding carboxylic acids is 2. The number of benzene rings is 1. The molecule has 0 aliphatic carbocycles. The molecule has 11 heteroatoms. The largest absolute Gasteiger partial charge is 0.458 e. The summed E-state index contributed by atoms with van der Waals surface area (Å²) in [4.78, 5) is 28.2. The van der Waals surface area contributed by atoms with Gasteiger partial charge in [-0.2, -0.15) is 4.72 Å². The minimum atomic E-state index is -3.72. The van der Waals surface area contributed by atoms with E-state index >= 15 is 0 Å². The zero-order valence-corrected chi connectivity index (χ0v) is 18.4. The number of aryl methyl sites for hydroxylation is 1. The van der Waals surface area contributed by atoms with Gasteiger partial charge in [0, 0.05) is 11.1 Å². The van der Waals surface area contributed by atoms with Crippen LogP contribution in [0.15, 0.2) is 51.4 Å². The number of thiophene rings is 1. The summed E-state index contributed by atoms with van der Waals surface area (Å²) in [5.41, 5.74) is 2.31. The number of ether oxygens (including phenoxy) is 1. The van der Waals surface area contributed by atoms with Crippen LogP contribution in [0.2, 0.25) is 0 Å². The number of amides is 1. The first-order valence-electron chi connectivity index (χ1n) is 8.80. The number of anilines is 1. The Balaban J connectivity index is 1.43. The Kier molecular flexibility index (Phi) is 7.32. The van der Waals surface area contributed by atoms with E-state index in [1.54, 1.807) is 16.8 Å². The molecule has 0 unspecified atom stereocenters. The maximum Gasteiger partial charge on any atom is 0.321 e. The van der Waals surface area contributed by atoms with Crippen molar-refractivity contribution < 1.29 is 22.7 Å². The Morgan fingerprint density at radius 2 is 1.90 bits per heavy atom. The maximum absolute atomic E-state index is 12.1. The molecule has 0 saturated heterocycles. The predicted molar refractivity (Wildman–Crippen MR) is 115 cm³/mol. The Morgan fingerprint density at radius 1 is 1.13 bits per heavy atom. The molecule has 3 rings (SSSR count). The number of sulfonamides is 1. The highest BCUT2D eigenvalue weighted by atomic mass is 32.2. The third-order valence-electron chi connectivity index (χ3n) is 3.79. The molecule has 0 bridgehead atoms. The number of hydrogen-bond acceptors (Lipinski definition) is 8. The first-order valence-corrected chi connectivity index (χ1v) is 12.0. The monoisotopic (exact) mass is 465 g/mol. The van der Waals surface area contributed by atoms with E-state index in [-0.39, 0.29) is 23.1 Å². The zero-order valence-electron chi connectivity index (χ0n) is 16.0. The molecule has 0 spiro atoms. The highest BCUT2D eigenvalue weighted by Gasteiger charge is 2.17. The summed E-state index contributed by atoms with van der Waals surface area (Å²) < 4.78 is 31.3. The molecule has 0 aliphatic rings. The lowest BCUT2D eigenvalue weighted by Crippen LogP contribution is -2.30. The summed E-state index contributed by atoms with van der Waals surface area (Å²) in [6.07, 6.45) is 0.104. The van der Waals surface area contributed by atoms with Crippen molar-refractivity contribution >= 4 is 50.3 Å². The summed E-state index contributed by atoms with van der Waals surface area (Å²) in [6, 6.07) is 10.5. The molecule has 0 fully saturated rings. The van der Waals surface area contributed by atoms with E-state index < -0.39 is 22.5 Å². The molecule has 0 atom stereocenters. The predicted octanol–water partition coefficient (Wildman–Crippen LogP) is 2.72. The molecule has 2 heterocycles. The Morgan fingerprint density at radius 3 is 2.60 bits per heavy atom. The summed E-state index contributed by atoms with van der Waals surface area (Å²) in [6.45, 7) is 1.39. The van der Waals surface area contributed by atoms with Crippen LogP contribution in [-0.2, 0) is 37.4 Å². The minimum absolute atomic E-state index is 0.102. The summed E-state index contributed by atoms with van der Waals surface area (Å²) in [5, 5.41) is 6.71. The third kappa shape index (κ3) is 6.46. The van der Waals surface area contributed by atoms with E-state index in [9.17, 15) is 18.0 Å². The van der Waals surface area contributed by atoms with Crippen molar-refractivity contribution in [2.24, 2.45) is 0 Å². The molecule has 30 heavy (non-hydrogen) atoms. The van der Waals surface area contributed by atoms with Gasteiger partial charge in [0.15, 0.2) is 0 Å². The van der Waals surface area contributed by atoms with Crippen molar-refractivity contribution in [3.63, 3.8) is 0 Å². The lowest BCUT2D eigenvalue weighted by molar-refractivity contribution is -0.143. The maximum atomic E-state index is 12.1. The molecule has 3 aromatic rings. The van der Waals surface area contributed by atoms with Crippen LogP contribution in [0.3, 0.4) is 0 Å². The van der Waals surface area contributed by atoms with Gasteiger partial charge in [-0.05, 0) is 30.5 Å². The van der Waals surface area contributed by atoms with Crippen molar-refractivity contribution in [1.82, 2.24) is 9.71 Å². The van der Waals surface area contributed by atoms with Crippen molar-refractivity contribution in [2.75, 3.05) is 11.9 Å². The molecule has 158 valence electrons. The molecule has 2 N–H and O–H groups in total. The quantitative estimate of drug-likeness (QED) is 0.470. The van der Waals surface area contributed by atoms with Crippen LogP contribution in [0.1, 0.15) is 16.3 Å². The van der Waals surface area contributed by atoms with Gasteiger partial charge in [-0.1, -0.05) is 23.8 Å². The fourth-order valence-electron chi connectivity index (χ4n) is 2.32. The molecule has 0 radical (unpaired) electrons. The normalized spacial score (nSPS) is 11.2. The lowest BCUT2D eigenvalue weighted by Gasteiger charge is -2.05. The van der Waals surface area contributed by atoms with Gasteiger partial charge in [-0.3, -0.25) is 9.59 Å². The Labute approximate surface area is 182 Å². The van der Waals surface area contributed by atoms with Crippen molar-refractivity contribution in [1.29, 1.82) is 0 Å². The van der Waals surface area contributed by atoms with E-state index in [1.165, 1.54) is 17.4 Å². The first-order chi connectivity index (χ1) is 14.3. The number of esters is 1. The fraction of sp³-hybridized carbons (Fsp3) is 0.211.